The summed E-state index contributed by atoms with van der Waals surface area (Å²) in [6.45, 7) is 4.29. The first kappa shape index (κ1) is 19.8. The Morgan fingerprint density at radius 1 is 1.19 bits per heavy atom. The Labute approximate surface area is 180 Å². The third-order valence-corrected chi connectivity index (χ3v) is 6.65. The zero-order chi connectivity index (χ0) is 21.4. The van der Waals surface area contributed by atoms with Crippen LogP contribution in [0.5, 0.6) is 0 Å². The van der Waals surface area contributed by atoms with Crippen molar-refractivity contribution in [1.29, 1.82) is 0 Å². The van der Waals surface area contributed by atoms with Crippen molar-refractivity contribution < 1.29 is 4.79 Å². The first-order chi connectivity index (χ1) is 15.1. The van der Waals surface area contributed by atoms with Crippen LogP contribution in [0.2, 0.25) is 0 Å². The molecule has 0 aliphatic carbocycles. The van der Waals surface area contributed by atoms with E-state index in [0.717, 1.165) is 42.9 Å². The molecule has 31 heavy (non-hydrogen) atoms. The van der Waals surface area contributed by atoms with E-state index in [0.29, 0.717) is 24.1 Å². The quantitative estimate of drug-likeness (QED) is 0.595. The van der Waals surface area contributed by atoms with Crippen molar-refractivity contribution in [3.05, 3.63) is 75.8 Å². The van der Waals surface area contributed by atoms with E-state index in [4.69, 9.17) is 0 Å². The summed E-state index contributed by atoms with van der Waals surface area (Å²) in [4.78, 5) is 25.5. The molecule has 160 valence electrons. The van der Waals surface area contributed by atoms with Gasteiger partial charge in [0.25, 0.3) is 11.5 Å². The molecule has 0 saturated carbocycles. The zero-order valence-electron chi connectivity index (χ0n) is 17.6. The average Bonchev–Trinajstić information content (AvgIpc) is 3.30. The van der Waals surface area contributed by atoms with E-state index in [-0.39, 0.29) is 17.5 Å². The van der Waals surface area contributed by atoms with Crippen LogP contribution < -0.4 is 16.2 Å². The summed E-state index contributed by atoms with van der Waals surface area (Å²) >= 11 is 0. The minimum atomic E-state index is -0.208. The van der Waals surface area contributed by atoms with E-state index in [1.165, 1.54) is 5.56 Å². The third-order valence-electron chi connectivity index (χ3n) is 6.65. The van der Waals surface area contributed by atoms with E-state index in [1.54, 1.807) is 12.1 Å². The van der Waals surface area contributed by atoms with Gasteiger partial charge in [0.2, 0.25) is 0 Å². The fraction of sp³-hybridized carbons (Fsp3) is 0.375. The molecule has 0 spiro atoms. The summed E-state index contributed by atoms with van der Waals surface area (Å²) < 4.78 is 1.90. The lowest BCUT2D eigenvalue weighted by Crippen LogP contribution is -2.50. The molecule has 2 bridgehead atoms. The van der Waals surface area contributed by atoms with Crippen molar-refractivity contribution in [1.82, 2.24) is 25.4 Å². The minimum absolute atomic E-state index is 0.00713. The highest BCUT2D eigenvalue weighted by Gasteiger charge is 2.37. The van der Waals surface area contributed by atoms with Crippen LogP contribution in [0.4, 0.5) is 0 Å². The molecule has 0 radical (unpaired) electrons. The number of carbonyl (C=O) groups excluding carboxylic acids is 1. The van der Waals surface area contributed by atoms with Crippen LogP contribution in [0.25, 0.3) is 11.3 Å². The van der Waals surface area contributed by atoms with Crippen LogP contribution in [0, 0.1) is 5.92 Å². The lowest BCUT2D eigenvalue weighted by Gasteiger charge is -2.43. The van der Waals surface area contributed by atoms with E-state index >= 15 is 0 Å². The molecule has 0 unspecified atom stereocenters. The summed E-state index contributed by atoms with van der Waals surface area (Å²) in [6.07, 6.45) is 2.03. The summed E-state index contributed by atoms with van der Waals surface area (Å²) in [5, 5.41) is 13.7. The number of amides is 1. The highest BCUT2D eigenvalue weighted by molar-refractivity contribution is 5.93. The molecule has 3 aromatic rings. The molecule has 7 heteroatoms. The predicted molar refractivity (Wildman–Crippen MR) is 119 cm³/mol. The molecule has 1 fully saturated rings. The Balaban J connectivity index is 1.32. The number of nitrogens with one attached hydrogen (secondary N) is 3. The monoisotopic (exact) mass is 417 g/mol. The van der Waals surface area contributed by atoms with Crippen LogP contribution >= 0.6 is 0 Å². The molecule has 1 aromatic carbocycles. The molecule has 2 aliphatic heterocycles. The van der Waals surface area contributed by atoms with Gasteiger partial charge in [0.15, 0.2) is 0 Å². The summed E-state index contributed by atoms with van der Waals surface area (Å²) in [5.41, 5.74) is 4.47. The van der Waals surface area contributed by atoms with Crippen molar-refractivity contribution in [3.8, 4) is 11.3 Å². The smallest absolute Gasteiger partial charge is 0.269 e. The minimum Gasteiger partial charge on any atom is -0.349 e. The van der Waals surface area contributed by atoms with E-state index in [9.17, 15) is 9.59 Å². The second-order valence-corrected chi connectivity index (χ2v) is 8.50. The normalized spacial score (nSPS) is 22.0. The van der Waals surface area contributed by atoms with Gasteiger partial charge < -0.3 is 15.2 Å². The highest BCUT2D eigenvalue weighted by atomic mass is 16.2. The highest BCUT2D eigenvalue weighted by Crippen LogP contribution is 2.38. The van der Waals surface area contributed by atoms with E-state index < -0.39 is 0 Å². The number of hydrogen-bond acceptors (Lipinski definition) is 4. The van der Waals surface area contributed by atoms with Gasteiger partial charge in [-0.2, -0.15) is 5.10 Å². The largest absolute Gasteiger partial charge is 0.349 e. The van der Waals surface area contributed by atoms with Crippen LogP contribution in [-0.4, -0.2) is 40.3 Å². The van der Waals surface area contributed by atoms with Crippen LogP contribution in [0.3, 0.4) is 0 Å². The molecule has 1 saturated heterocycles. The Kier molecular flexibility index (Phi) is 5.19. The average molecular weight is 418 g/mol. The van der Waals surface area contributed by atoms with Gasteiger partial charge in [0, 0.05) is 42.9 Å². The maximum Gasteiger partial charge on any atom is 0.269 e. The second-order valence-electron chi connectivity index (χ2n) is 8.50. The van der Waals surface area contributed by atoms with Crippen molar-refractivity contribution in [3.63, 3.8) is 0 Å². The number of carbonyl (C=O) groups is 1. The zero-order valence-corrected chi connectivity index (χ0v) is 17.6. The number of aromatic amines is 1. The second kappa shape index (κ2) is 8.15. The first-order valence-electron chi connectivity index (χ1n) is 11.0. The molecule has 2 aliphatic rings. The Hall–Kier alpha value is -3.19. The summed E-state index contributed by atoms with van der Waals surface area (Å²) in [5.74, 6) is 0.468. The van der Waals surface area contributed by atoms with Gasteiger partial charge in [0.1, 0.15) is 5.69 Å². The lowest BCUT2D eigenvalue weighted by atomic mass is 9.79. The summed E-state index contributed by atoms with van der Waals surface area (Å²) in [7, 11) is 0. The number of aromatic nitrogens is 3. The van der Waals surface area contributed by atoms with Crippen LogP contribution in [0.15, 0.2) is 53.3 Å². The van der Waals surface area contributed by atoms with Crippen molar-refractivity contribution in [2.24, 2.45) is 5.92 Å². The maximum atomic E-state index is 12.8. The number of H-pyrrole nitrogens is 1. The number of rotatable bonds is 5. The SMILES string of the molecule is CCc1ccc(-c2cc(C(=O)NC[C@H]3[C@@H]4CNC[C@@H](C4)c4cccc(=O)n43)[nH]n2)cc1. The molecule has 2 aromatic heterocycles. The van der Waals surface area contributed by atoms with Gasteiger partial charge in [-0.15, -0.1) is 0 Å². The molecular weight excluding hydrogens is 390 g/mol. The molecule has 3 N–H and O–H groups in total. The molecule has 3 atom stereocenters. The number of aryl methyl sites for hydroxylation is 1. The predicted octanol–water partition coefficient (Wildman–Crippen LogP) is 2.48. The van der Waals surface area contributed by atoms with E-state index in [1.807, 2.05) is 28.8 Å². The number of fused-ring (bicyclic) bond motifs is 4. The molecule has 7 nitrogen and oxygen atoms in total. The maximum absolute atomic E-state index is 12.8. The number of nitrogens with zero attached hydrogens (tertiary/aromatic N) is 2. The van der Waals surface area contributed by atoms with Gasteiger partial charge in [0.05, 0.1) is 11.7 Å². The number of pyridine rings is 1. The van der Waals surface area contributed by atoms with Crippen molar-refractivity contribution in [2.45, 2.75) is 31.7 Å². The molecule has 5 rings (SSSR count). The fourth-order valence-electron chi connectivity index (χ4n) is 4.96. The molecular formula is C24H27N5O2. The van der Waals surface area contributed by atoms with Crippen LogP contribution in [-0.2, 0) is 6.42 Å². The number of hydrogen-bond donors (Lipinski definition) is 3. The Bertz CT molecular complexity index is 1150. The third kappa shape index (κ3) is 3.70. The van der Waals surface area contributed by atoms with Gasteiger partial charge in [-0.25, -0.2) is 0 Å². The van der Waals surface area contributed by atoms with Gasteiger partial charge in [-0.3, -0.25) is 14.7 Å². The molecule has 4 heterocycles. The fourth-order valence-corrected chi connectivity index (χ4v) is 4.96. The Morgan fingerprint density at radius 2 is 2.03 bits per heavy atom. The lowest BCUT2D eigenvalue weighted by molar-refractivity contribution is 0.0927. The van der Waals surface area contributed by atoms with E-state index in [2.05, 4.69) is 39.9 Å². The van der Waals surface area contributed by atoms with Gasteiger partial charge >= 0.3 is 0 Å². The summed E-state index contributed by atoms with van der Waals surface area (Å²) in [6, 6.07) is 15.4. The van der Waals surface area contributed by atoms with Crippen molar-refractivity contribution >= 4 is 5.91 Å². The Morgan fingerprint density at radius 3 is 2.84 bits per heavy atom. The van der Waals surface area contributed by atoms with Gasteiger partial charge in [-0.05, 0) is 36.5 Å². The number of benzene rings is 1. The topological polar surface area (TPSA) is 91.8 Å². The first-order valence-corrected chi connectivity index (χ1v) is 11.0. The standard InChI is InChI=1S/C24H27N5O2/c1-2-15-6-8-16(9-7-15)19-11-20(28-27-19)24(31)26-14-22-18-10-17(12-25-13-18)21-4-3-5-23(30)29(21)22/h3-9,11,17-18,22,25H,2,10,12-14H2,1H3,(H,26,31)(H,27,28)/t17-,18+,22+/m1/s1. The number of piperidine rings is 1. The molecule has 1 amide bonds. The van der Waals surface area contributed by atoms with Crippen molar-refractivity contribution in [2.75, 3.05) is 19.6 Å². The van der Waals surface area contributed by atoms with Gasteiger partial charge in [-0.1, -0.05) is 37.3 Å². The van der Waals surface area contributed by atoms with Crippen LogP contribution in [0.1, 0.15) is 47.1 Å².